The number of nitrogens with zero attached hydrogens (tertiary/aromatic N) is 2. The van der Waals surface area contributed by atoms with Gasteiger partial charge in [-0.05, 0) is 49.6 Å². The van der Waals surface area contributed by atoms with Crippen LogP contribution in [-0.4, -0.2) is 38.2 Å². The van der Waals surface area contributed by atoms with Gasteiger partial charge >= 0.3 is 0 Å². The van der Waals surface area contributed by atoms with E-state index in [1.165, 1.54) is 0 Å². The van der Waals surface area contributed by atoms with Gasteiger partial charge in [0.25, 0.3) is 0 Å². The van der Waals surface area contributed by atoms with Crippen LogP contribution in [0.2, 0.25) is 0 Å². The summed E-state index contributed by atoms with van der Waals surface area (Å²) in [6, 6.07) is 10.7. The lowest BCUT2D eigenvalue weighted by Gasteiger charge is -2.23. The number of hydrogen-bond donors (Lipinski definition) is 1. The van der Waals surface area contributed by atoms with Gasteiger partial charge in [0.1, 0.15) is 6.54 Å². The number of sulfonamides is 1. The number of aromatic nitrogens is 1. The normalized spacial score (nSPS) is 12.4. The third-order valence-corrected chi connectivity index (χ3v) is 4.79. The Kier molecular flexibility index (Phi) is 6.14. The van der Waals surface area contributed by atoms with Crippen molar-refractivity contribution in [3.05, 3.63) is 59.9 Å². The Morgan fingerprint density at radius 2 is 2.04 bits per heavy atom. The van der Waals surface area contributed by atoms with E-state index < -0.39 is 10.0 Å². The highest BCUT2D eigenvalue weighted by Crippen LogP contribution is 2.18. The third-order valence-electron chi connectivity index (χ3n) is 3.65. The van der Waals surface area contributed by atoms with Crippen LogP contribution in [0.5, 0.6) is 0 Å². The average molecular weight is 361 g/mol. The second kappa shape index (κ2) is 8.11. The van der Waals surface area contributed by atoms with Crippen LogP contribution in [-0.2, 0) is 21.2 Å². The molecule has 2 aromatic rings. The maximum absolute atomic E-state index is 12.3. The zero-order chi connectivity index (χ0) is 18.4. The molecule has 1 N–H and O–H groups in total. The second-order valence-corrected chi connectivity index (χ2v) is 8.05. The highest BCUT2D eigenvalue weighted by molar-refractivity contribution is 7.92. The maximum Gasteiger partial charge on any atom is 0.240 e. The number of aryl methyl sites for hydroxylation is 1. The fourth-order valence-corrected chi connectivity index (χ4v) is 3.41. The molecular formula is C18H23N3O3S. The van der Waals surface area contributed by atoms with Crippen molar-refractivity contribution in [1.29, 1.82) is 0 Å². The predicted molar refractivity (Wildman–Crippen MR) is 98.9 cm³/mol. The van der Waals surface area contributed by atoms with Gasteiger partial charge in [-0.15, -0.1) is 0 Å². The molecule has 1 aromatic heterocycles. The van der Waals surface area contributed by atoms with E-state index in [9.17, 15) is 13.2 Å². The summed E-state index contributed by atoms with van der Waals surface area (Å²) >= 11 is 0. The van der Waals surface area contributed by atoms with E-state index in [-0.39, 0.29) is 18.5 Å². The minimum Gasteiger partial charge on any atom is -0.352 e. The molecular weight excluding hydrogens is 338 g/mol. The molecule has 0 saturated carbocycles. The number of pyridine rings is 1. The second-order valence-electron chi connectivity index (χ2n) is 6.14. The van der Waals surface area contributed by atoms with E-state index in [0.29, 0.717) is 12.1 Å². The molecule has 1 aromatic carbocycles. The van der Waals surface area contributed by atoms with E-state index >= 15 is 0 Å². The van der Waals surface area contributed by atoms with E-state index in [2.05, 4.69) is 10.3 Å². The third kappa shape index (κ3) is 5.86. The van der Waals surface area contributed by atoms with E-state index in [1.807, 2.05) is 32.0 Å². The summed E-state index contributed by atoms with van der Waals surface area (Å²) in [6.45, 7) is 3.50. The SMILES string of the molecule is Cc1cccc(N(CC(=O)NC(C)Cc2cccnc2)S(C)(=O)=O)c1. The van der Waals surface area contributed by atoms with Crippen LogP contribution in [0.1, 0.15) is 18.1 Å². The molecule has 1 unspecified atom stereocenters. The number of anilines is 1. The molecule has 0 bridgehead atoms. The van der Waals surface area contributed by atoms with Gasteiger partial charge in [-0.2, -0.15) is 0 Å². The van der Waals surface area contributed by atoms with Gasteiger partial charge in [-0.25, -0.2) is 8.42 Å². The predicted octanol–water partition coefficient (Wildman–Crippen LogP) is 1.90. The molecule has 0 aliphatic carbocycles. The zero-order valence-corrected chi connectivity index (χ0v) is 15.5. The first-order valence-corrected chi connectivity index (χ1v) is 9.83. The van der Waals surface area contributed by atoms with Crippen molar-refractivity contribution in [3.63, 3.8) is 0 Å². The molecule has 1 heterocycles. The average Bonchev–Trinajstić information content (AvgIpc) is 2.52. The summed E-state index contributed by atoms with van der Waals surface area (Å²) < 4.78 is 25.3. The van der Waals surface area contributed by atoms with Crippen LogP contribution in [0.3, 0.4) is 0 Å². The van der Waals surface area contributed by atoms with E-state index in [1.54, 1.807) is 30.6 Å². The Balaban J connectivity index is 2.05. The van der Waals surface area contributed by atoms with Crippen molar-refractivity contribution in [2.24, 2.45) is 0 Å². The monoisotopic (exact) mass is 361 g/mol. The van der Waals surface area contributed by atoms with Crippen molar-refractivity contribution in [2.75, 3.05) is 17.1 Å². The summed E-state index contributed by atoms with van der Waals surface area (Å²) in [7, 11) is -3.56. The Morgan fingerprint density at radius 1 is 1.28 bits per heavy atom. The number of carbonyl (C=O) groups is 1. The largest absolute Gasteiger partial charge is 0.352 e. The number of hydrogen-bond acceptors (Lipinski definition) is 4. The standard InChI is InChI=1S/C18H23N3O3S/c1-14-6-4-8-17(10-14)21(25(3,23)24)13-18(22)20-15(2)11-16-7-5-9-19-12-16/h4-10,12,15H,11,13H2,1-3H3,(H,20,22). The van der Waals surface area contributed by atoms with Crippen molar-refractivity contribution in [1.82, 2.24) is 10.3 Å². The molecule has 25 heavy (non-hydrogen) atoms. The molecule has 7 heteroatoms. The smallest absolute Gasteiger partial charge is 0.240 e. The number of carbonyl (C=O) groups excluding carboxylic acids is 1. The first kappa shape index (κ1) is 18.9. The fraction of sp³-hybridized carbons (Fsp3) is 0.333. The quantitative estimate of drug-likeness (QED) is 0.817. The van der Waals surface area contributed by atoms with Crippen LogP contribution < -0.4 is 9.62 Å². The summed E-state index contributed by atoms with van der Waals surface area (Å²) in [4.78, 5) is 16.4. The first-order chi connectivity index (χ1) is 11.8. The zero-order valence-electron chi connectivity index (χ0n) is 14.6. The Bertz CT molecular complexity index is 822. The Labute approximate surface area is 148 Å². The van der Waals surface area contributed by atoms with Gasteiger partial charge in [-0.3, -0.25) is 14.1 Å². The van der Waals surface area contributed by atoms with Crippen molar-refractivity contribution in [3.8, 4) is 0 Å². The Hall–Kier alpha value is -2.41. The Morgan fingerprint density at radius 3 is 2.64 bits per heavy atom. The summed E-state index contributed by atoms with van der Waals surface area (Å²) in [6.07, 6.45) is 5.17. The first-order valence-electron chi connectivity index (χ1n) is 7.98. The molecule has 0 spiro atoms. The molecule has 0 aliphatic heterocycles. The lowest BCUT2D eigenvalue weighted by Crippen LogP contribution is -2.43. The molecule has 0 aliphatic rings. The lowest BCUT2D eigenvalue weighted by atomic mass is 10.1. The highest BCUT2D eigenvalue weighted by atomic mass is 32.2. The summed E-state index contributed by atoms with van der Waals surface area (Å²) in [5.74, 6) is -0.344. The molecule has 1 amide bonds. The molecule has 0 radical (unpaired) electrons. The van der Waals surface area contributed by atoms with Gasteiger partial charge < -0.3 is 5.32 Å². The van der Waals surface area contributed by atoms with Crippen LogP contribution in [0.4, 0.5) is 5.69 Å². The lowest BCUT2D eigenvalue weighted by molar-refractivity contribution is -0.120. The van der Waals surface area contributed by atoms with Crippen LogP contribution in [0.15, 0.2) is 48.8 Å². The van der Waals surface area contributed by atoms with Gasteiger partial charge in [0, 0.05) is 18.4 Å². The van der Waals surface area contributed by atoms with E-state index in [4.69, 9.17) is 0 Å². The highest BCUT2D eigenvalue weighted by Gasteiger charge is 2.21. The van der Waals surface area contributed by atoms with Crippen molar-refractivity contribution < 1.29 is 13.2 Å². The fourth-order valence-electron chi connectivity index (χ4n) is 2.56. The number of nitrogens with one attached hydrogen (secondary N) is 1. The van der Waals surface area contributed by atoms with E-state index in [0.717, 1.165) is 21.7 Å². The number of benzene rings is 1. The number of amides is 1. The summed E-state index contributed by atoms with van der Waals surface area (Å²) in [5, 5.41) is 2.84. The maximum atomic E-state index is 12.3. The van der Waals surface area contributed by atoms with Gasteiger partial charge in [0.2, 0.25) is 15.9 Å². The van der Waals surface area contributed by atoms with Crippen LogP contribution >= 0.6 is 0 Å². The van der Waals surface area contributed by atoms with Crippen molar-refractivity contribution >= 4 is 21.6 Å². The molecule has 134 valence electrons. The molecule has 2 rings (SSSR count). The molecule has 0 fully saturated rings. The summed E-state index contributed by atoms with van der Waals surface area (Å²) in [5.41, 5.74) is 2.42. The van der Waals surface area contributed by atoms with Gasteiger partial charge in [-0.1, -0.05) is 18.2 Å². The topological polar surface area (TPSA) is 79.4 Å². The minimum absolute atomic E-state index is 0.129. The molecule has 6 nitrogen and oxygen atoms in total. The van der Waals surface area contributed by atoms with Crippen molar-refractivity contribution in [2.45, 2.75) is 26.3 Å². The van der Waals surface area contributed by atoms with Gasteiger partial charge in [0.05, 0.1) is 11.9 Å². The number of rotatable bonds is 7. The van der Waals surface area contributed by atoms with Crippen LogP contribution in [0.25, 0.3) is 0 Å². The molecule has 1 atom stereocenters. The molecule has 0 saturated heterocycles. The van der Waals surface area contributed by atoms with Gasteiger partial charge in [0.15, 0.2) is 0 Å². The van der Waals surface area contributed by atoms with Crippen LogP contribution in [0, 0.1) is 6.92 Å². The minimum atomic E-state index is -3.56.